The van der Waals surface area contributed by atoms with Gasteiger partial charge in [0.1, 0.15) is 0 Å². The first-order valence-corrected chi connectivity index (χ1v) is 7.59. The second-order valence-electron chi connectivity index (χ2n) is 6.46. The van der Waals surface area contributed by atoms with Gasteiger partial charge < -0.3 is 5.11 Å². The zero-order valence-electron chi connectivity index (χ0n) is 11.8. The lowest BCUT2D eigenvalue weighted by atomic mass is 9.56. The zero-order chi connectivity index (χ0) is 13.5. The molecule has 2 saturated carbocycles. The van der Waals surface area contributed by atoms with Crippen molar-refractivity contribution >= 4 is 0 Å². The predicted molar refractivity (Wildman–Crippen MR) is 79.0 cm³/mol. The lowest BCUT2D eigenvalue weighted by Gasteiger charge is -2.52. The van der Waals surface area contributed by atoms with Gasteiger partial charge >= 0.3 is 0 Å². The van der Waals surface area contributed by atoms with E-state index in [4.69, 9.17) is 0 Å². The van der Waals surface area contributed by atoms with Gasteiger partial charge in [-0.05, 0) is 30.7 Å². The lowest BCUT2D eigenvalue weighted by molar-refractivity contribution is -0.0784. The van der Waals surface area contributed by atoms with Crippen LogP contribution in [0, 0.1) is 11.8 Å². The van der Waals surface area contributed by atoms with Crippen molar-refractivity contribution in [3.63, 3.8) is 0 Å². The Morgan fingerprint density at radius 1 is 1.16 bits per heavy atom. The molecule has 1 N–H and O–H groups in total. The van der Waals surface area contributed by atoms with Gasteiger partial charge in [0.2, 0.25) is 0 Å². The molecule has 0 saturated heterocycles. The summed E-state index contributed by atoms with van der Waals surface area (Å²) in [5.74, 6) is 1.10. The Labute approximate surface area is 116 Å². The maximum atomic E-state index is 11.3. The fourth-order valence-electron chi connectivity index (χ4n) is 4.27. The number of aliphatic hydroxyl groups is 1. The molecule has 1 aromatic rings. The topological polar surface area (TPSA) is 20.2 Å². The first-order valence-electron chi connectivity index (χ1n) is 7.59. The van der Waals surface area contributed by atoms with Crippen molar-refractivity contribution in [3.05, 3.63) is 48.0 Å². The smallest absolute Gasteiger partial charge is 0.0781 e. The van der Waals surface area contributed by atoms with Crippen molar-refractivity contribution in [2.24, 2.45) is 11.8 Å². The van der Waals surface area contributed by atoms with E-state index < -0.39 is 5.60 Å². The van der Waals surface area contributed by atoms with E-state index in [-0.39, 0.29) is 5.92 Å². The van der Waals surface area contributed by atoms with Gasteiger partial charge in [-0.3, -0.25) is 0 Å². The summed E-state index contributed by atoms with van der Waals surface area (Å²) >= 11 is 0. The van der Waals surface area contributed by atoms with E-state index in [1.165, 1.54) is 17.6 Å². The molecule has 4 atom stereocenters. The number of fused-ring (bicyclic) bond motifs is 1. The van der Waals surface area contributed by atoms with E-state index in [0.29, 0.717) is 11.8 Å². The van der Waals surface area contributed by atoms with Crippen LogP contribution in [0.4, 0.5) is 0 Å². The molecule has 0 bridgehead atoms. The van der Waals surface area contributed by atoms with Gasteiger partial charge in [0.25, 0.3) is 0 Å². The minimum atomic E-state index is -0.552. The standard InChI is InChI=1S/C18H24O/c1-13-12-17(15-8-4-3-5-9-15)18(19)11-7-6-10-16(18)14(13)2/h3-5,8-9,13,16-17,19H,2,6-7,10-12H2,1H3/t13-,16-,17-,18-/m1/s1. The molecule has 3 rings (SSSR count). The Morgan fingerprint density at radius 2 is 1.89 bits per heavy atom. The lowest BCUT2D eigenvalue weighted by Crippen LogP contribution is -2.51. The van der Waals surface area contributed by atoms with E-state index in [9.17, 15) is 5.11 Å². The molecular weight excluding hydrogens is 232 g/mol. The van der Waals surface area contributed by atoms with Gasteiger partial charge in [-0.25, -0.2) is 0 Å². The van der Waals surface area contributed by atoms with Crippen LogP contribution in [0.2, 0.25) is 0 Å². The van der Waals surface area contributed by atoms with Gasteiger partial charge in [-0.15, -0.1) is 0 Å². The van der Waals surface area contributed by atoms with Crippen LogP contribution in [0.5, 0.6) is 0 Å². The summed E-state index contributed by atoms with van der Waals surface area (Å²) in [6.45, 7) is 6.56. The largest absolute Gasteiger partial charge is 0.389 e. The number of hydrogen-bond donors (Lipinski definition) is 1. The normalized spacial score (nSPS) is 38.8. The second-order valence-corrected chi connectivity index (χ2v) is 6.46. The van der Waals surface area contributed by atoms with E-state index in [0.717, 1.165) is 25.7 Å². The maximum Gasteiger partial charge on any atom is 0.0781 e. The fourth-order valence-corrected chi connectivity index (χ4v) is 4.27. The van der Waals surface area contributed by atoms with Crippen LogP contribution < -0.4 is 0 Å². The second kappa shape index (κ2) is 4.79. The number of rotatable bonds is 1. The molecule has 0 spiro atoms. The van der Waals surface area contributed by atoms with E-state index in [1.807, 2.05) is 0 Å². The van der Waals surface area contributed by atoms with Crippen molar-refractivity contribution in [1.82, 2.24) is 0 Å². The molecule has 1 aromatic carbocycles. The number of benzene rings is 1. The molecule has 0 aliphatic heterocycles. The molecule has 0 amide bonds. The Bertz CT molecular complexity index is 464. The number of hydrogen-bond acceptors (Lipinski definition) is 1. The van der Waals surface area contributed by atoms with E-state index in [1.54, 1.807) is 0 Å². The monoisotopic (exact) mass is 256 g/mol. The first-order chi connectivity index (χ1) is 9.13. The third-order valence-electron chi connectivity index (χ3n) is 5.40. The predicted octanol–water partition coefficient (Wildman–Crippen LogP) is 4.29. The molecule has 2 fully saturated rings. The molecule has 1 heteroatoms. The third kappa shape index (κ3) is 2.04. The molecule has 0 heterocycles. The Kier molecular flexibility index (Phi) is 3.26. The molecule has 19 heavy (non-hydrogen) atoms. The molecule has 1 nitrogen and oxygen atoms in total. The summed E-state index contributed by atoms with van der Waals surface area (Å²) in [5.41, 5.74) is 2.04. The molecule has 102 valence electrons. The highest BCUT2D eigenvalue weighted by atomic mass is 16.3. The van der Waals surface area contributed by atoms with E-state index in [2.05, 4.69) is 43.8 Å². The Hall–Kier alpha value is -1.08. The summed E-state index contributed by atoms with van der Waals surface area (Å²) in [6, 6.07) is 10.6. The van der Waals surface area contributed by atoms with Crippen LogP contribution in [-0.2, 0) is 0 Å². The van der Waals surface area contributed by atoms with Crippen LogP contribution >= 0.6 is 0 Å². The quantitative estimate of drug-likeness (QED) is 0.743. The SMILES string of the molecule is C=C1[C@H](C)C[C@H](c2ccccc2)[C@@]2(O)CCCC[C@H]12. The average Bonchev–Trinajstić information content (AvgIpc) is 2.44. The van der Waals surface area contributed by atoms with Crippen molar-refractivity contribution < 1.29 is 5.11 Å². The Morgan fingerprint density at radius 3 is 2.63 bits per heavy atom. The minimum absolute atomic E-state index is 0.277. The highest BCUT2D eigenvalue weighted by Crippen LogP contribution is 2.54. The molecular formula is C18H24O. The molecule has 2 aliphatic rings. The van der Waals surface area contributed by atoms with Crippen LogP contribution in [0.3, 0.4) is 0 Å². The van der Waals surface area contributed by atoms with Gasteiger partial charge in [0.15, 0.2) is 0 Å². The Balaban J connectivity index is 2.01. The van der Waals surface area contributed by atoms with Gasteiger partial charge in [-0.1, -0.05) is 62.2 Å². The van der Waals surface area contributed by atoms with Crippen LogP contribution in [0.25, 0.3) is 0 Å². The van der Waals surface area contributed by atoms with E-state index >= 15 is 0 Å². The molecule has 2 aliphatic carbocycles. The summed E-state index contributed by atoms with van der Waals surface area (Å²) in [7, 11) is 0. The van der Waals surface area contributed by atoms with Gasteiger partial charge in [0.05, 0.1) is 5.60 Å². The highest BCUT2D eigenvalue weighted by Gasteiger charge is 2.51. The van der Waals surface area contributed by atoms with Crippen molar-refractivity contribution in [1.29, 1.82) is 0 Å². The van der Waals surface area contributed by atoms with Gasteiger partial charge in [0, 0.05) is 11.8 Å². The van der Waals surface area contributed by atoms with Crippen molar-refractivity contribution in [2.75, 3.05) is 0 Å². The molecule has 0 unspecified atom stereocenters. The summed E-state index contributed by atoms with van der Waals surface area (Å²) in [5, 5.41) is 11.3. The zero-order valence-corrected chi connectivity index (χ0v) is 11.8. The summed E-state index contributed by atoms with van der Waals surface area (Å²) in [4.78, 5) is 0. The third-order valence-corrected chi connectivity index (χ3v) is 5.40. The summed E-state index contributed by atoms with van der Waals surface area (Å²) in [6.07, 6.45) is 5.47. The van der Waals surface area contributed by atoms with Crippen LogP contribution in [0.1, 0.15) is 50.5 Å². The molecule has 0 radical (unpaired) electrons. The minimum Gasteiger partial charge on any atom is -0.389 e. The van der Waals surface area contributed by atoms with Crippen molar-refractivity contribution in [2.45, 2.75) is 50.5 Å². The molecule has 0 aromatic heterocycles. The maximum absolute atomic E-state index is 11.3. The summed E-state index contributed by atoms with van der Waals surface area (Å²) < 4.78 is 0. The van der Waals surface area contributed by atoms with Gasteiger partial charge in [-0.2, -0.15) is 0 Å². The van der Waals surface area contributed by atoms with Crippen LogP contribution in [0.15, 0.2) is 42.5 Å². The first kappa shape index (κ1) is 12.9. The van der Waals surface area contributed by atoms with Crippen molar-refractivity contribution in [3.8, 4) is 0 Å². The fraction of sp³-hybridized carbons (Fsp3) is 0.556. The highest BCUT2D eigenvalue weighted by molar-refractivity contribution is 5.30. The van der Waals surface area contributed by atoms with Crippen LogP contribution in [-0.4, -0.2) is 10.7 Å². The average molecular weight is 256 g/mol.